The van der Waals surface area contributed by atoms with Gasteiger partial charge in [-0.25, -0.2) is 0 Å². The van der Waals surface area contributed by atoms with E-state index < -0.39 is 6.10 Å². The lowest BCUT2D eigenvalue weighted by molar-refractivity contribution is 0.220. The molecule has 0 saturated carbocycles. The third-order valence-electron chi connectivity index (χ3n) is 3.95. The van der Waals surface area contributed by atoms with Crippen molar-refractivity contribution in [2.75, 3.05) is 0 Å². The van der Waals surface area contributed by atoms with E-state index in [0.717, 1.165) is 27.6 Å². The lowest BCUT2D eigenvalue weighted by Gasteiger charge is -2.18. The summed E-state index contributed by atoms with van der Waals surface area (Å²) in [5.41, 5.74) is 4.23. The minimum Gasteiger partial charge on any atom is -0.384 e. The van der Waals surface area contributed by atoms with E-state index in [1.54, 1.807) is 0 Å². The molecular formula is C19H18O. The van der Waals surface area contributed by atoms with E-state index in [9.17, 15) is 5.11 Å². The molecule has 0 radical (unpaired) electrons. The van der Waals surface area contributed by atoms with E-state index in [1.165, 1.54) is 5.39 Å². The molecule has 100 valence electrons. The number of aryl methyl sites for hydroxylation is 2. The molecular weight excluding hydrogens is 244 g/mol. The minimum absolute atomic E-state index is 0.581. The molecule has 0 amide bonds. The second-order valence-electron chi connectivity index (χ2n) is 5.28. The summed E-state index contributed by atoms with van der Waals surface area (Å²) in [5.74, 6) is 0. The van der Waals surface area contributed by atoms with E-state index in [4.69, 9.17) is 0 Å². The summed E-state index contributed by atoms with van der Waals surface area (Å²) in [6.07, 6.45) is -0.581. The first kappa shape index (κ1) is 12.9. The molecule has 0 bridgehead atoms. The molecule has 1 N–H and O–H groups in total. The number of aliphatic hydroxyl groups is 1. The number of hydrogen-bond donors (Lipinski definition) is 1. The Hall–Kier alpha value is -2.12. The predicted octanol–water partition coefficient (Wildman–Crippen LogP) is 4.54. The van der Waals surface area contributed by atoms with Gasteiger partial charge in [0.2, 0.25) is 0 Å². The van der Waals surface area contributed by atoms with Crippen molar-refractivity contribution in [2.45, 2.75) is 20.0 Å². The van der Waals surface area contributed by atoms with Crippen molar-refractivity contribution < 1.29 is 5.11 Å². The Morgan fingerprint density at radius 1 is 0.750 bits per heavy atom. The summed E-state index contributed by atoms with van der Waals surface area (Å²) >= 11 is 0. The van der Waals surface area contributed by atoms with Crippen LogP contribution in [0.25, 0.3) is 10.8 Å². The third kappa shape index (κ3) is 2.10. The van der Waals surface area contributed by atoms with Crippen molar-refractivity contribution in [1.29, 1.82) is 0 Å². The lowest BCUT2D eigenvalue weighted by Crippen LogP contribution is -2.04. The van der Waals surface area contributed by atoms with E-state index in [0.29, 0.717) is 0 Å². The van der Waals surface area contributed by atoms with Gasteiger partial charge in [0.05, 0.1) is 0 Å². The average molecular weight is 262 g/mol. The summed E-state index contributed by atoms with van der Waals surface area (Å²) in [5, 5.41) is 13.1. The molecule has 0 heterocycles. The SMILES string of the molecule is Cc1ccccc1[C@H](O)c1c(C)ccc2ccccc12. The summed E-state index contributed by atoms with van der Waals surface area (Å²) in [4.78, 5) is 0. The monoisotopic (exact) mass is 262 g/mol. The molecule has 0 aliphatic heterocycles. The van der Waals surface area contributed by atoms with Crippen LogP contribution in [0.15, 0.2) is 60.7 Å². The van der Waals surface area contributed by atoms with Crippen LogP contribution in [-0.4, -0.2) is 5.11 Å². The summed E-state index contributed by atoms with van der Waals surface area (Å²) in [6, 6.07) is 20.4. The van der Waals surface area contributed by atoms with Crippen LogP contribution in [0.4, 0.5) is 0 Å². The van der Waals surface area contributed by atoms with Gasteiger partial charge >= 0.3 is 0 Å². The first-order valence-corrected chi connectivity index (χ1v) is 6.90. The Kier molecular flexibility index (Phi) is 3.29. The maximum Gasteiger partial charge on any atom is 0.105 e. The molecule has 3 rings (SSSR count). The summed E-state index contributed by atoms with van der Waals surface area (Å²) in [6.45, 7) is 4.10. The highest BCUT2D eigenvalue weighted by Gasteiger charge is 2.17. The predicted molar refractivity (Wildman–Crippen MR) is 83.9 cm³/mol. The maximum absolute atomic E-state index is 10.9. The normalized spacial score (nSPS) is 12.6. The van der Waals surface area contributed by atoms with Crippen molar-refractivity contribution >= 4 is 10.8 Å². The number of benzene rings is 3. The summed E-state index contributed by atoms with van der Waals surface area (Å²) < 4.78 is 0. The highest BCUT2D eigenvalue weighted by molar-refractivity contribution is 5.87. The van der Waals surface area contributed by atoms with Gasteiger partial charge in [0, 0.05) is 0 Å². The molecule has 20 heavy (non-hydrogen) atoms. The second-order valence-corrected chi connectivity index (χ2v) is 5.28. The molecule has 1 nitrogen and oxygen atoms in total. The first-order chi connectivity index (χ1) is 9.68. The number of rotatable bonds is 2. The van der Waals surface area contributed by atoms with Gasteiger partial charge < -0.3 is 5.11 Å². The van der Waals surface area contributed by atoms with Crippen molar-refractivity contribution in [3.63, 3.8) is 0 Å². The average Bonchev–Trinajstić information content (AvgIpc) is 2.47. The van der Waals surface area contributed by atoms with Gasteiger partial charge in [-0.2, -0.15) is 0 Å². The Bertz CT molecular complexity index is 759. The molecule has 3 aromatic rings. The molecule has 0 fully saturated rings. The van der Waals surface area contributed by atoms with E-state index in [2.05, 4.69) is 31.2 Å². The smallest absolute Gasteiger partial charge is 0.105 e. The molecule has 0 unspecified atom stereocenters. The Balaban J connectivity index is 2.24. The first-order valence-electron chi connectivity index (χ1n) is 6.90. The molecule has 0 saturated heterocycles. The van der Waals surface area contributed by atoms with Crippen LogP contribution in [0.5, 0.6) is 0 Å². The maximum atomic E-state index is 10.9. The highest BCUT2D eigenvalue weighted by atomic mass is 16.3. The molecule has 1 atom stereocenters. The standard InChI is InChI=1S/C19H18O/c1-13-7-3-5-9-16(13)19(20)18-14(2)11-12-15-8-4-6-10-17(15)18/h3-12,19-20H,1-2H3/t19-/m0/s1. The van der Waals surface area contributed by atoms with Crippen molar-refractivity contribution in [2.24, 2.45) is 0 Å². The Labute approximate surface area is 119 Å². The van der Waals surface area contributed by atoms with E-state index in [1.807, 2.05) is 43.3 Å². The van der Waals surface area contributed by atoms with Gasteiger partial charge in [-0.15, -0.1) is 0 Å². The molecule has 0 aliphatic carbocycles. The lowest BCUT2D eigenvalue weighted by atomic mass is 9.90. The molecule has 1 heteroatoms. The van der Waals surface area contributed by atoms with Crippen LogP contribution in [0, 0.1) is 13.8 Å². The van der Waals surface area contributed by atoms with Gasteiger partial charge in [-0.1, -0.05) is 60.7 Å². The fourth-order valence-corrected chi connectivity index (χ4v) is 2.82. The molecule has 0 aliphatic rings. The highest BCUT2D eigenvalue weighted by Crippen LogP contribution is 2.32. The second kappa shape index (κ2) is 5.10. The molecule has 3 aromatic carbocycles. The zero-order valence-corrected chi connectivity index (χ0v) is 11.8. The fraction of sp³-hybridized carbons (Fsp3) is 0.158. The molecule has 0 aromatic heterocycles. The van der Waals surface area contributed by atoms with Crippen molar-refractivity contribution in [1.82, 2.24) is 0 Å². The van der Waals surface area contributed by atoms with Crippen LogP contribution in [0.3, 0.4) is 0 Å². The fourth-order valence-electron chi connectivity index (χ4n) is 2.82. The number of aliphatic hydroxyl groups excluding tert-OH is 1. The van der Waals surface area contributed by atoms with Crippen molar-refractivity contribution in [3.05, 3.63) is 82.9 Å². The van der Waals surface area contributed by atoms with Crippen LogP contribution in [-0.2, 0) is 0 Å². The van der Waals surface area contributed by atoms with E-state index >= 15 is 0 Å². The van der Waals surface area contributed by atoms with Crippen LogP contribution in [0.1, 0.15) is 28.4 Å². The topological polar surface area (TPSA) is 20.2 Å². The van der Waals surface area contributed by atoms with Crippen LogP contribution < -0.4 is 0 Å². The third-order valence-corrected chi connectivity index (χ3v) is 3.95. The number of fused-ring (bicyclic) bond motifs is 1. The molecule has 0 spiro atoms. The van der Waals surface area contributed by atoms with Gasteiger partial charge in [-0.3, -0.25) is 0 Å². The largest absolute Gasteiger partial charge is 0.384 e. The van der Waals surface area contributed by atoms with Gasteiger partial charge in [-0.05, 0) is 46.9 Å². The van der Waals surface area contributed by atoms with Gasteiger partial charge in [0.15, 0.2) is 0 Å². The zero-order chi connectivity index (χ0) is 14.1. The summed E-state index contributed by atoms with van der Waals surface area (Å²) in [7, 11) is 0. The zero-order valence-electron chi connectivity index (χ0n) is 11.8. The van der Waals surface area contributed by atoms with Crippen LogP contribution in [0.2, 0.25) is 0 Å². The minimum atomic E-state index is -0.581. The van der Waals surface area contributed by atoms with Gasteiger partial charge in [0.25, 0.3) is 0 Å². The number of hydrogen-bond acceptors (Lipinski definition) is 1. The van der Waals surface area contributed by atoms with Crippen LogP contribution >= 0.6 is 0 Å². The Morgan fingerprint density at radius 2 is 1.45 bits per heavy atom. The quantitative estimate of drug-likeness (QED) is 0.719. The van der Waals surface area contributed by atoms with E-state index in [-0.39, 0.29) is 0 Å². The van der Waals surface area contributed by atoms with Gasteiger partial charge in [0.1, 0.15) is 6.10 Å². The van der Waals surface area contributed by atoms with Crippen molar-refractivity contribution in [3.8, 4) is 0 Å². The Morgan fingerprint density at radius 3 is 2.25 bits per heavy atom.